The van der Waals surface area contributed by atoms with E-state index in [-0.39, 0.29) is 47.3 Å². The van der Waals surface area contributed by atoms with Gasteiger partial charge in [0.2, 0.25) is 11.8 Å². The second-order valence-electron chi connectivity index (χ2n) is 17.9. The number of hydrogen-bond donors (Lipinski definition) is 2. The van der Waals surface area contributed by atoms with Crippen LogP contribution in [0.4, 0.5) is 0 Å². The van der Waals surface area contributed by atoms with E-state index < -0.39 is 0 Å². The average molecular weight is 825 g/mol. The summed E-state index contributed by atoms with van der Waals surface area (Å²) in [5.41, 5.74) is 1.45. The van der Waals surface area contributed by atoms with E-state index >= 15 is 0 Å². The van der Waals surface area contributed by atoms with Gasteiger partial charge in [0.25, 0.3) is 23.6 Å². The molecular formula is C46H64N8O6. The minimum atomic E-state index is -0.380. The molecule has 2 saturated heterocycles. The zero-order chi connectivity index (χ0) is 41.6. The summed E-state index contributed by atoms with van der Waals surface area (Å²) in [6.45, 7) is 13.0. The fourth-order valence-corrected chi connectivity index (χ4v) is 10.5. The first kappa shape index (κ1) is 42.5. The third-order valence-corrected chi connectivity index (χ3v) is 14.1. The van der Waals surface area contributed by atoms with Crippen molar-refractivity contribution in [2.75, 3.05) is 105 Å². The maximum Gasteiger partial charge on any atom is 0.261 e. The predicted molar refractivity (Wildman–Crippen MR) is 229 cm³/mol. The van der Waals surface area contributed by atoms with Crippen LogP contribution in [-0.4, -0.2) is 170 Å². The number of nitrogens with one attached hydrogen (secondary N) is 2. The van der Waals surface area contributed by atoms with Gasteiger partial charge in [-0.05, 0) is 102 Å². The summed E-state index contributed by atoms with van der Waals surface area (Å²) in [5.74, 6) is -0.662. The van der Waals surface area contributed by atoms with Gasteiger partial charge in [-0.3, -0.25) is 38.6 Å². The number of rotatable bonds is 18. The Balaban J connectivity index is 0.767. The van der Waals surface area contributed by atoms with Crippen molar-refractivity contribution >= 4 is 46.2 Å². The molecule has 324 valence electrons. The summed E-state index contributed by atoms with van der Waals surface area (Å²) in [6.07, 6.45) is 12.0. The van der Waals surface area contributed by atoms with Crippen molar-refractivity contribution in [3.8, 4) is 0 Å². The highest BCUT2D eigenvalue weighted by Gasteiger charge is 2.39. The summed E-state index contributed by atoms with van der Waals surface area (Å²) in [6, 6.07) is 6.62. The molecule has 0 bridgehead atoms. The number of amides is 6. The normalized spacial score (nSPS) is 21.2. The molecule has 2 aliphatic carbocycles. The zero-order valence-corrected chi connectivity index (χ0v) is 35.4. The number of imide groups is 2. The van der Waals surface area contributed by atoms with Gasteiger partial charge >= 0.3 is 0 Å². The predicted octanol–water partition coefficient (Wildman–Crippen LogP) is 3.44. The Morgan fingerprint density at radius 3 is 1.02 bits per heavy atom. The van der Waals surface area contributed by atoms with E-state index in [1.807, 2.05) is 0 Å². The molecule has 0 atom stereocenters. The molecule has 2 aromatic rings. The summed E-state index contributed by atoms with van der Waals surface area (Å²) < 4.78 is 0. The molecule has 14 heteroatoms. The number of carbonyl (C=O) groups is 6. The molecule has 0 aromatic heterocycles. The van der Waals surface area contributed by atoms with Crippen LogP contribution >= 0.6 is 0 Å². The number of benzene rings is 2. The Labute approximate surface area is 354 Å². The Morgan fingerprint density at radius 1 is 0.433 bits per heavy atom. The van der Waals surface area contributed by atoms with Crippen molar-refractivity contribution in [1.82, 2.24) is 40.0 Å². The number of hydrogen-bond acceptors (Lipinski definition) is 10. The van der Waals surface area contributed by atoms with Crippen LogP contribution in [0, 0.1) is 11.8 Å². The molecule has 14 nitrogen and oxygen atoms in total. The SMILES string of the molecule is O=C(NCCCN1CCN(CCCN2C(=O)c3ccc4c5c(ccc(c35)C2=O)C(=O)N(CCCN2CCN(CCCNC(=O)C3CCCC3)CC2)C4=O)CC1)C1CCCC1. The quantitative estimate of drug-likeness (QED) is 0.170. The van der Waals surface area contributed by atoms with Crippen molar-refractivity contribution in [1.29, 1.82) is 0 Å². The van der Waals surface area contributed by atoms with E-state index in [4.69, 9.17) is 0 Å². The zero-order valence-electron chi connectivity index (χ0n) is 35.4. The van der Waals surface area contributed by atoms with Gasteiger partial charge in [0.15, 0.2) is 0 Å². The summed E-state index contributed by atoms with van der Waals surface area (Å²) in [4.78, 5) is 92.2. The number of carbonyl (C=O) groups excluding carboxylic acids is 6. The van der Waals surface area contributed by atoms with Gasteiger partial charge in [-0.25, -0.2) is 0 Å². The lowest BCUT2D eigenvalue weighted by Gasteiger charge is -2.36. The van der Waals surface area contributed by atoms with Crippen LogP contribution in [-0.2, 0) is 9.59 Å². The topological polar surface area (TPSA) is 146 Å². The molecule has 0 spiro atoms. The van der Waals surface area contributed by atoms with Gasteiger partial charge in [0.05, 0.1) is 0 Å². The molecule has 6 amide bonds. The lowest BCUT2D eigenvalue weighted by molar-refractivity contribution is -0.125. The van der Waals surface area contributed by atoms with Crippen LogP contribution < -0.4 is 10.6 Å². The molecule has 4 heterocycles. The minimum absolute atomic E-state index is 0.209. The third kappa shape index (κ3) is 9.46. The minimum Gasteiger partial charge on any atom is -0.356 e. The number of nitrogens with zero attached hydrogens (tertiary/aromatic N) is 6. The maximum atomic E-state index is 13.8. The molecular weight excluding hydrogens is 761 g/mol. The maximum absolute atomic E-state index is 13.8. The first-order valence-electron chi connectivity index (χ1n) is 23.0. The second kappa shape index (κ2) is 19.6. The van der Waals surface area contributed by atoms with Gasteiger partial charge < -0.3 is 30.2 Å². The third-order valence-electron chi connectivity index (χ3n) is 14.1. The van der Waals surface area contributed by atoms with Gasteiger partial charge in [0, 0.05) is 123 Å². The lowest BCUT2D eigenvalue weighted by atomic mass is 9.86. The van der Waals surface area contributed by atoms with Crippen LogP contribution in [0.15, 0.2) is 24.3 Å². The highest BCUT2D eigenvalue weighted by atomic mass is 16.2. The molecule has 4 fully saturated rings. The average Bonchev–Trinajstić information content (AvgIpc) is 4.02. The summed E-state index contributed by atoms with van der Waals surface area (Å²) in [5, 5.41) is 7.08. The molecule has 2 aromatic carbocycles. The Morgan fingerprint density at radius 2 is 0.717 bits per heavy atom. The monoisotopic (exact) mass is 824 g/mol. The molecule has 0 unspecified atom stereocenters. The first-order valence-corrected chi connectivity index (χ1v) is 23.0. The van der Waals surface area contributed by atoms with E-state index in [9.17, 15) is 28.8 Å². The van der Waals surface area contributed by atoms with Crippen molar-refractivity contribution in [3.05, 3.63) is 46.5 Å². The van der Waals surface area contributed by atoms with E-state index in [2.05, 4.69) is 30.2 Å². The molecule has 2 saturated carbocycles. The second-order valence-corrected chi connectivity index (χ2v) is 17.9. The Hall–Kier alpha value is -4.24. The Bertz CT molecular complexity index is 1720. The summed E-state index contributed by atoms with van der Waals surface area (Å²) in [7, 11) is 0. The molecule has 60 heavy (non-hydrogen) atoms. The van der Waals surface area contributed by atoms with Crippen LogP contribution in [0.1, 0.15) is 118 Å². The lowest BCUT2D eigenvalue weighted by Crippen LogP contribution is -2.48. The van der Waals surface area contributed by atoms with Crippen LogP contribution in [0.3, 0.4) is 0 Å². The summed E-state index contributed by atoms with van der Waals surface area (Å²) >= 11 is 0. The molecule has 0 radical (unpaired) electrons. The van der Waals surface area contributed by atoms with E-state index in [0.29, 0.717) is 59.0 Å². The van der Waals surface area contributed by atoms with Gasteiger partial charge in [-0.1, -0.05) is 25.7 Å². The van der Waals surface area contributed by atoms with Crippen molar-refractivity contribution in [2.24, 2.45) is 11.8 Å². The highest BCUT2D eigenvalue weighted by Crippen LogP contribution is 2.38. The smallest absolute Gasteiger partial charge is 0.261 e. The molecule has 2 N–H and O–H groups in total. The van der Waals surface area contributed by atoms with Crippen LogP contribution in [0.2, 0.25) is 0 Å². The van der Waals surface area contributed by atoms with Crippen LogP contribution in [0.5, 0.6) is 0 Å². The van der Waals surface area contributed by atoms with E-state index in [0.717, 1.165) is 156 Å². The highest BCUT2D eigenvalue weighted by molar-refractivity contribution is 6.33. The standard InChI is InChI=1S/C46H64N8O6/c55-41(33-9-1-2-10-33)47-17-5-19-49-25-29-51(30-26-49)21-7-23-53-43(57)35-13-15-37-40-38(16-14-36(39(35)40)44(53)58)46(60)54(45(37)59)24-8-22-52-31-27-50(28-32-52)20-6-18-48-42(56)34-11-3-4-12-34/h13-16,33-34H,1-12,17-32H2,(H,47,55)(H,48,56). The van der Waals surface area contributed by atoms with Crippen molar-refractivity contribution < 1.29 is 28.8 Å². The van der Waals surface area contributed by atoms with Gasteiger partial charge in [0.1, 0.15) is 0 Å². The first-order chi connectivity index (χ1) is 29.3. The van der Waals surface area contributed by atoms with Gasteiger partial charge in [-0.15, -0.1) is 0 Å². The molecule has 8 rings (SSSR count). The molecule has 6 aliphatic rings. The van der Waals surface area contributed by atoms with Gasteiger partial charge in [-0.2, -0.15) is 0 Å². The van der Waals surface area contributed by atoms with E-state index in [1.54, 1.807) is 24.3 Å². The van der Waals surface area contributed by atoms with E-state index in [1.165, 1.54) is 9.80 Å². The molecule has 4 aliphatic heterocycles. The largest absolute Gasteiger partial charge is 0.356 e. The number of piperazine rings is 2. The van der Waals surface area contributed by atoms with Crippen LogP contribution in [0.25, 0.3) is 10.8 Å². The van der Waals surface area contributed by atoms with Crippen molar-refractivity contribution in [2.45, 2.75) is 77.0 Å². The fourth-order valence-electron chi connectivity index (χ4n) is 10.5. The Kier molecular flexibility index (Phi) is 13.9. The van der Waals surface area contributed by atoms with Crippen molar-refractivity contribution in [3.63, 3.8) is 0 Å². The fraction of sp³-hybridized carbons (Fsp3) is 0.652.